The summed E-state index contributed by atoms with van der Waals surface area (Å²) in [6, 6.07) is 4.97. The second-order valence-corrected chi connectivity index (χ2v) is 24.8. The Morgan fingerprint density at radius 3 is 2.43 bits per heavy atom. The standard InChI is InChI=1S/C53H83FN6O14S/c1-13-41-53(9)46-31(3)43(55-19-21-60(46)69-29-68-53)36-24-52(8,67-28-36)48(32(4)45(33(5)49(63)72-41)73-42-25-51(7,66-11)47(62)34(6)71-42)74-50-44(61)40(22-30(2)70-50)58(10)20-18-37-27-59(57-56-37)38(26-54)23-35-14-16-39(17-15-35)75(12,64)65/h14-17,27,30-34,36,38,40-42,44-48,50,61-62H,13,18-26,28-29H2,1-12H3/t30-,31+,32+,33-,34+,36+,38+,40+,41-,42+,44-,45+,46-,47+,48-,50+,51-,52-,53-/m1/s1. The molecule has 5 fully saturated rings. The number of likely N-dealkylation sites (N-methyl/N-ethyl adjacent to an activating group) is 1. The number of benzene rings is 1. The molecule has 6 aliphatic heterocycles. The Hall–Kier alpha value is -3.10. The number of esters is 1. The maximum absolute atomic E-state index is 14.9. The van der Waals surface area contributed by atoms with E-state index < -0.39 is 112 Å². The van der Waals surface area contributed by atoms with E-state index in [1.807, 2.05) is 58.6 Å². The Kier molecular flexibility index (Phi) is 18.0. The van der Waals surface area contributed by atoms with Crippen LogP contribution in [0.25, 0.3) is 0 Å². The van der Waals surface area contributed by atoms with Gasteiger partial charge in [-0.05, 0) is 92.0 Å². The van der Waals surface area contributed by atoms with Crippen molar-refractivity contribution in [1.82, 2.24) is 25.0 Å². The first kappa shape index (κ1) is 58.1. The minimum absolute atomic E-state index is 0.00230. The molecule has 75 heavy (non-hydrogen) atoms. The van der Waals surface area contributed by atoms with Crippen LogP contribution >= 0.6 is 0 Å². The van der Waals surface area contributed by atoms with Gasteiger partial charge >= 0.3 is 5.97 Å². The first-order chi connectivity index (χ1) is 35.4. The van der Waals surface area contributed by atoms with Crippen LogP contribution in [0.3, 0.4) is 0 Å². The van der Waals surface area contributed by atoms with Crippen LogP contribution < -0.4 is 0 Å². The van der Waals surface area contributed by atoms with E-state index in [0.29, 0.717) is 64.0 Å². The third-order valence-corrected chi connectivity index (χ3v) is 18.5. The number of fused-ring (bicyclic) bond motifs is 4. The number of halogens is 1. The SMILES string of the molecule is CC[C@H]1OC(=O)[C@H](C)[C@@H](O[C@H]2C[C@@](C)(OC)[C@@H](O)[C@H](C)O2)[C@H](C)[C@@H](O[C@@H]2O[C@H](C)C[C@H](N(C)CCc3cn([C@H](CF)Cc4ccc(S(C)(=O)=O)cc4)nn3)[C@H]2O)[C@@]2(C)C[C@@H](CO2)C2=NCCN3OCO[C@@]1(C)[C@H]3[C@H]2C. The van der Waals surface area contributed by atoms with E-state index in [9.17, 15) is 27.8 Å². The van der Waals surface area contributed by atoms with E-state index in [1.165, 1.54) is 16.8 Å². The predicted octanol–water partition coefficient (Wildman–Crippen LogP) is 4.29. The number of aliphatic hydroxyl groups excluding tert-OH is 2. The van der Waals surface area contributed by atoms with Gasteiger partial charge in [0.1, 0.15) is 30.6 Å². The number of carbonyl (C=O) groups excluding carboxylic acids is 1. The maximum atomic E-state index is 14.9. The number of methoxy groups -OCH3 is 1. The van der Waals surface area contributed by atoms with Crippen molar-refractivity contribution in [2.45, 2.75) is 196 Å². The summed E-state index contributed by atoms with van der Waals surface area (Å²) in [7, 11) is 0.100. The first-order valence-electron chi connectivity index (χ1n) is 26.8. The average molecular weight is 1080 g/mol. The smallest absolute Gasteiger partial charge is 0.311 e. The van der Waals surface area contributed by atoms with Crippen molar-refractivity contribution in [3.8, 4) is 0 Å². The minimum atomic E-state index is -3.37. The normalized spacial score (nSPS) is 40.6. The second-order valence-electron chi connectivity index (χ2n) is 22.8. The van der Waals surface area contributed by atoms with Crippen LogP contribution in [0, 0.1) is 23.7 Å². The minimum Gasteiger partial charge on any atom is -0.459 e. The number of aliphatic hydroxyl groups is 2. The van der Waals surface area contributed by atoms with Crippen LogP contribution in [-0.2, 0) is 70.2 Å². The van der Waals surface area contributed by atoms with E-state index in [4.69, 9.17) is 47.7 Å². The number of nitrogens with zero attached hydrogens (tertiary/aromatic N) is 6. The zero-order valence-electron chi connectivity index (χ0n) is 45.9. The van der Waals surface area contributed by atoms with Crippen LogP contribution in [0.2, 0.25) is 0 Å². The van der Waals surface area contributed by atoms with Gasteiger partial charge in [-0.25, -0.2) is 17.5 Å². The van der Waals surface area contributed by atoms with Crippen molar-refractivity contribution in [2.75, 3.05) is 60.1 Å². The van der Waals surface area contributed by atoms with Crippen LogP contribution in [-0.4, -0.2) is 200 Å². The third kappa shape index (κ3) is 12.1. The molecular weight excluding hydrogens is 996 g/mol. The van der Waals surface area contributed by atoms with Gasteiger partial charge in [-0.15, -0.1) is 5.10 Å². The summed E-state index contributed by atoms with van der Waals surface area (Å²) >= 11 is 0. The zero-order chi connectivity index (χ0) is 54.4. The van der Waals surface area contributed by atoms with Crippen molar-refractivity contribution in [1.29, 1.82) is 0 Å². The van der Waals surface area contributed by atoms with Gasteiger partial charge in [-0.1, -0.05) is 38.1 Å². The van der Waals surface area contributed by atoms with Gasteiger partial charge in [0, 0.05) is 75.0 Å². The van der Waals surface area contributed by atoms with Gasteiger partial charge in [-0.3, -0.25) is 14.6 Å². The number of aromatic nitrogens is 3. The fraction of sp³-hybridized carbons (Fsp3) is 0.811. The zero-order valence-corrected chi connectivity index (χ0v) is 46.7. The van der Waals surface area contributed by atoms with Crippen molar-refractivity contribution in [3.63, 3.8) is 0 Å². The van der Waals surface area contributed by atoms with Crippen molar-refractivity contribution >= 4 is 21.5 Å². The number of cyclic esters (lactones) is 1. The van der Waals surface area contributed by atoms with E-state index >= 15 is 0 Å². The highest BCUT2D eigenvalue weighted by Crippen LogP contribution is 2.47. The van der Waals surface area contributed by atoms with Gasteiger partial charge in [0.15, 0.2) is 29.2 Å². The lowest BCUT2D eigenvalue weighted by Crippen LogP contribution is -2.66. The molecule has 0 aliphatic carbocycles. The Balaban J connectivity index is 1.07. The molecule has 19 atom stereocenters. The van der Waals surface area contributed by atoms with Gasteiger partial charge in [0.05, 0.1) is 77.4 Å². The quantitative estimate of drug-likeness (QED) is 0.237. The van der Waals surface area contributed by atoms with Crippen LogP contribution in [0.5, 0.6) is 0 Å². The highest BCUT2D eigenvalue weighted by molar-refractivity contribution is 7.90. The lowest BCUT2D eigenvalue weighted by atomic mass is 9.73. The second kappa shape index (κ2) is 23.3. The number of ether oxygens (including phenoxy) is 8. The number of hydrogen-bond donors (Lipinski definition) is 2. The molecule has 2 N–H and O–H groups in total. The van der Waals surface area contributed by atoms with Crippen LogP contribution in [0.15, 0.2) is 40.4 Å². The Bertz CT molecular complexity index is 2400. The molecule has 7 heterocycles. The summed E-state index contributed by atoms with van der Waals surface area (Å²) in [6.07, 6.45) is -2.43. The Labute approximate surface area is 442 Å². The first-order valence-corrected chi connectivity index (χ1v) is 28.7. The number of rotatable bonds is 15. The summed E-state index contributed by atoms with van der Waals surface area (Å²) in [4.78, 5) is 28.5. The molecule has 20 nitrogen and oxygen atoms in total. The van der Waals surface area contributed by atoms with Crippen molar-refractivity contribution in [2.24, 2.45) is 28.7 Å². The number of hydroxylamine groups is 2. The molecule has 4 bridgehead atoms. The van der Waals surface area contributed by atoms with E-state index in [-0.39, 0.29) is 42.1 Å². The maximum Gasteiger partial charge on any atom is 0.311 e. The third-order valence-electron chi connectivity index (χ3n) is 17.4. The molecule has 8 rings (SSSR count). The highest BCUT2D eigenvalue weighted by atomic mass is 32.2. The fourth-order valence-electron chi connectivity index (χ4n) is 12.9. The molecule has 1 aromatic heterocycles. The number of alkyl halides is 1. The molecular formula is C53H83FN6O14S. The number of hydrogen-bond acceptors (Lipinski definition) is 19. The van der Waals surface area contributed by atoms with Crippen molar-refractivity contribution < 1.29 is 70.5 Å². The summed E-state index contributed by atoms with van der Waals surface area (Å²) in [6.45, 7) is 18.5. The summed E-state index contributed by atoms with van der Waals surface area (Å²) in [5.41, 5.74) is -0.665. The average Bonchev–Trinajstić information content (AvgIpc) is 3.97. The summed E-state index contributed by atoms with van der Waals surface area (Å²) in [5.74, 6) is -2.38. The molecule has 0 amide bonds. The largest absolute Gasteiger partial charge is 0.459 e. The number of sulfone groups is 1. The van der Waals surface area contributed by atoms with Crippen LogP contribution in [0.4, 0.5) is 4.39 Å². The van der Waals surface area contributed by atoms with Gasteiger partial charge in [0.25, 0.3) is 0 Å². The Morgan fingerprint density at radius 1 is 1.01 bits per heavy atom. The Morgan fingerprint density at radius 2 is 1.75 bits per heavy atom. The lowest BCUT2D eigenvalue weighted by Gasteiger charge is -2.52. The molecule has 5 saturated heterocycles. The lowest BCUT2D eigenvalue weighted by molar-refractivity contribution is -0.362. The van der Waals surface area contributed by atoms with Gasteiger partial charge in [-0.2, -0.15) is 5.06 Å². The fourth-order valence-corrected chi connectivity index (χ4v) is 13.5. The van der Waals surface area contributed by atoms with E-state index in [1.54, 1.807) is 39.3 Å². The molecule has 0 radical (unpaired) electrons. The molecule has 2 aromatic rings. The van der Waals surface area contributed by atoms with Gasteiger partial charge < -0.3 is 53.0 Å². The number of aliphatic imine (C=N–C) groups is 1. The molecule has 422 valence electrons. The highest BCUT2D eigenvalue weighted by Gasteiger charge is 2.59. The molecule has 1 aromatic carbocycles. The topological polar surface area (TPSA) is 224 Å². The van der Waals surface area contributed by atoms with Crippen molar-refractivity contribution in [3.05, 3.63) is 41.7 Å². The van der Waals surface area contributed by atoms with E-state index in [2.05, 4.69) is 17.2 Å². The molecule has 0 unspecified atom stereocenters. The molecule has 6 aliphatic rings. The predicted molar refractivity (Wildman–Crippen MR) is 272 cm³/mol. The number of carbonyl (C=O) groups is 1. The summed E-state index contributed by atoms with van der Waals surface area (Å²) in [5, 5.41) is 34.2. The van der Waals surface area contributed by atoms with E-state index in [0.717, 1.165) is 17.5 Å². The summed E-state index contributed by atoms with van der Waals surface area (Å²) < 4.78 is 93.0. The van der Waals surface area contributed by atoms with Gasteiger partial charge in [0.2, 0.25) is 0 Å². The molecule has 22 heteroatoms. The molecule has 0 spiro atoms. The monoisotopic (exact) mass is 1080 g/mol. The molecule has 0 saturated carbocycles. The van der Waals surface area contributed by atoms with Crippen LogP contribution in [0.1, 0.15) is 105 Å².